The number of anilines is 1. The van der Waals surface area contributed by atoms with Gasteiger partial charge in [0.25, 0.3) is 0 Å². The van der Waals surface area contributed by atoms with Gasteiger partial charge in [-0.25, -0.2) is 4.39 Å². The molecule has 2 unspecified atom stereocenters. The average molecular weight is 363 g/mol. The molecule has 25 heavy (non-hydrogen) atoms. The predicted molar refractivity (Wildman–Crippen MR) is 103 cm³/mol. The summed E-state index contributed by atoms with van der Waals surface area (Å²) in [6.07, 6.45) is 12.3. The largest absolute Gasteiger partial charge is 0.359 e. The van der Waals surface area contributed by atoms with Gasteiger partial charge >= 0.3 is 0 Å². The number of piperidine rings is 2. The third kappa shape index (κ3) is 3.98. The molecule has 1 saturated carbocycles. The smallest absolute Gasteiger partial charge is 0.171 e. The maximum Gasteiger partial charge on any atom is 0.171 e. The van der Waals surface area contributed by atoms with Gasteiger partial charge in [-0.1, -0.05) is 0 Å². The van der Waals surface area contributed by atoms with Crippen molar-refractivity contribution in [3.63, 3.8) is 0 Å². The third-order valence-electron chi connectivity index (χ3n) is 6.45. The van der Waals surface area contributed by atoms with Crippen LogP contribution in [0, 0.1) is 5.82 Å². The van der Waals surface area contributed by atoms with E-state index in [1.54, 1.807) is 12.1 Å². The van der Waals surface area contributed by atoms with Crippen molar-refractivity contribution in [1.82, 2.24) is 5.32 Å². The van der Waals surface area contributed by atoms with E-state index in [0.717, 1.165) is 23.8 Å². The summed E-state index contributed by atoms with van der Waals surface area (Å²) in [7, 11) is 0. The van der Waals surface area contributed by atoms with Crippen LogP contribution in [0.4, 0.5) is 10.1 Å². The molecule has 1 aromatic carbocycles. The summed E-state index contributed by atoms with van der Waals surface area (Å²) in [6, 6.07) is 9.37. The van der Waals surface area contributed by atoms with Gasteiger partial charge in [0.05, 0.1) is 18.1 Å². The molecule has 1 aliphatic carbocycles. The molecule has 3 fully saturated rings. The van der Waals surface area contributed by atoms with Crippen LogP contribution in [0.25, 0.3) is 0 Å². The molecule has 1 aromatic rings. The van der Waals surface area contributed by atoms with Crippen molar-refractivity contribution in [2.24, 2.45) is 0 Å². The highest BCUT2D eigenvalue weighted by Gasteiger charge is 2.45. The monoisotopic (exact) mass is 362 g/mol. The Hall–Kier alpha value is -1.20. The first-order valence-corrected chi connectivity index (χ1v) is 10.3. The Balaban J connectivity index is 1.34. The van der Waals surface area contributed by atoms with Crippen molar-refractivity contribution in [2.45, 2.75) is 82.0 Å². The quantitative estimate of drug-likeness (QED) is 0.722. The summed E-state index contributed by atoms with van der Waals surface area (Å²) in [5.74, 6) is -0.223. The fraction of sp³-hybridized carbons (Fsp3) is 0.650. The second-order valence-corrected chi connectivity index (χ2v) is 8.49. The Morgan fingerprint density at radius 2 is 1.52 bits per heavy atom. The number of rotatable bonds is 3. The van der Waals surface area contributed by atoms with Gasteiger partial charge in [-0.3, -0.25) is 0 Å². The van der Waals surface area contributed by atoms with Crippen molar-refractivity contribution >= 4 is 23.0 Å². The van der Waals surface area contributed by atoms with Gasteiger partial charge in [-0.15, -0.1) is 0 Å². The number of nitrogens with one attached hydrogen (secondary N) is 3. The van der Waals surface area contributed by atoms with Gasteiger partial charge in [0.15, 0.2) is 5.11 Å². The van der Waals surface area contributed by atoms with Crippen molar-refractivity contribution < 1.29 is 9.29 Å². The molecular formula is C20H29FN3S+. The zero-order valence-corrected chi connectivity index (χ0v) is 15.6. The van der Waals surface area contributed by atoms with E-state index in [4.69, 9.17) is 12.2 Å². The van der Waals surface area contributed by atoms with E-state index in [2.05, 4.69) is 10.6 Å². The molecule has 0 spiro atoms. The minimum absolute atomic E-state index is 0.223. The first kappa shape index (κ1) is 17.2. The molecule has 2 aliphatic heterocycles. The van der Waals surface area contributed by atoms with Gasteiger partial charge in [-0.2, -0.15) is 0 Å². The van der Waals surface area contributed by atoms with E-state index in [0.29, 0.717) is 11.2 Å². The van der Waals surface area contributed by atoms with Gasteiger partial charge in [-0.05, 0) is 81.4 Å². The first-order chi connectivity index (χ1) is 12.2. The maximum atomic E-state index is 13.0. The number of halogens is 1. The number of thiocarbonyl (C=S) groups is 1. The maximum absolute atomic E-state index is 13.0. The van der Waals surface area contributed by atoms with E-state index in [1.165, 1.54) is 69.9 Å². The van der Waals surface area contributed by atoms with Gasteiger partial charge in [0, 0.05) is 24.6 Å². The van der Waals surface area contributed by atoms with Crippen LogP contribution in [-0.4, -0.2) is 29.3 Å². The summed E-state index contributed by atoms with van der Waals surface area (Å²) in [5.41, 5.74) is 0.841. The fourth-order valence-electron chi connectivity index (χ4n) is 5.50. The zero-order chi connectivity index (χ0) is 17.2. The standard InChI is InChI=1S/C20H28FN3S/c21-14-8-10-15(11-9-14)22-20(25)23-16-12-18-6-3-7-19(13-16)24(18)17-4-1-2-5-17/h8-11,16-19H,1-7,12-13H2,(H2,22,23,25)/p+1/t16?,18-,19+. The molecule has 0 amide bonds. The lowest BCUT2D eigenvalue weighted by molar-refractivity contribution is -0.982. The van der Waals surface area contributed by atoms with Crippen molar-refractivity contribution in [2.75, 3.05) is 5.32 Å². The number of fused-ring (bicyclic) bond motifs is 2. The van der Waals surface area contributed by atoms with Crippen LogP contribution >= 0.6 is 12.2 Å². The molecular weight excluding hydrogens is 333 g/mol. The van der Waals surface area contributed by atoms with Crippen LogP contribution in [0.15, 0.2) is 24.3 Å². The van der Waals surface area contributed by atoms with E-state index < -0.39 is 0 Å². The van der Waals surface area contributed by atoms with Crippen LogP contribution in [0.1, 0.15) is 57.8 Å². The van der Waals surface area contributed by atoms with Crippen LogP contribution < -0.4 is 15.5 Å². The fourth-order valence-corrected chi connectivity index (χ4v) is 5.78. The van der Waals surface area contributed by atoms with E-state index in [9.17, 15) is 4.39 Å². The number of hydrogen-bond acceptors (Lipinski definition) is 1. The number of benzene rings is 1. The molecule has 136 valence electrons. The number of quaternary nitrogens is 1. The highest BCUT2D eigenvalue weighted by molar-refractivity contribution is 7.80. The highest BCUT2D eigenvalue weighted by atomic mass is 32.1. The SMILES string of the molecule is Fc1ccc(NC(=S)NC2C[C@H]3CCC[C@@H](C2)[NH+]3C2CCCC2)cc1. The molecule has 4 rings (SSSR count). The predicted octanol–water partition coefficient (Wildman–Crippen LogP) is 3.02. The molecule has 2 heterocycles. The Bertz CT molecular complexity index is 585. The van der Waals surface area contributed by atoms with Crippen molar-refractivity contribution in [3.05, 3.63) is 30.1 Å². The molecule has 3 N–H and O–H groups in total. The highest BCUT2D eigenvalue weighted by Crippen LogP contribution is 2.26. The van der Waals surface area contributed by atoms with Crippen LogP contribution in [0.3, 0.4) is 0 Å². The normalized spacial score (nSPS) is 32.4. The van der Waals surface area contributed by atoms with E-state index >= 15 is 0 Å². The summed E-state index contributed by atoms with van der Waals surface area (Å²) in [5, 5.41) is 7.40. The molecule has 3 nitrogen and oxygen atoms in total. The molecule has 5 heteroatoms. The summed E-state index contributed by atoms with van der Waals surface area (Å²) >= 11 is 5.50. The molecule has 0 aromatic heterocycles. The zero-order valence-electron chi connectivity index (χ0n) is 14.8. The van der Waals surface area contributed by atoms with Gasteiger partial charge < -0.3 is 15.5 Å². The summed E-state index contributed by atoms with van der Waals surface area (Å²) < 4.78 is 13.0. The minimum Gasteiger partial charge on any atom is -0.359 e. The first-order valence-electron chi connectivity index (χ1n) is 9.89. The second kappa shape index (κ2) is 7.58. The van der Waals surface area contributed by atoms with Gasteiger partial charge in [0.1, 0.15) is 5.82 Å². The minimum atomic E-state index is -0.223. The number of hydrogen-bond donors (Lipinski definition) is 3. The molecule has 2 saturated heterocycles. The lowest BCUT2D eigenvalue weighted by Gasteiger charge is -2.48. The lowest BCUT2D eigenvalue weighted by Crippen LogP contribution is -3.24. The topological polar surface area (TPSA) is 28.5 Å². The Labute approximate surface area is 155 Å². The Kier molecular flexibility index (Phi) is 5.23. The Morgan fingerprint density at radius 3 is 2.16 bits per heavy atom. The molecule has 3 aliphatic rings. The molecule has 2 bridgehead atoms. The lowest BCUT2D eigenvalue weighted by atomic mass is 9.80. The molecule has 0 radical (unpaired) electrons. The third-order valence-corrected chi connectivity index (χ3v) is 6.67. The van der Waals surface area contributed by atoms with E-state index in [-0.39, 0.29) is 5.82 Å². The molecule has 4 atom stereocenters. The van der Waals surface area contributed by atoms with Crippen LogP contribution in [0.2, 0.25) is 0 Å². The van der Waals surface area contributed by atoms with Crippen LogP contribution in [-0.2, 0) is 0 Å². The van der Waals surface area contributed by atoms with E-state index in [1.807, 2.05) is 4.90 Å². The Morgan fingerprint density at radius 1 is 0.920 bits per heavy atom. The average Bonchev–Trinajstić information content (AvgIpc) is 3.10. The van der Waals surface area contributed by atoms with Crippen LogP contribution in [0.5, 0.6) is 0 Å². The second-order valence-electron chi connectivity index (χ2n) is 8.08. The van der Waals surface area contributed by atoms with Gasteiger partial charge in [0.2, 0.25) is 0 Å². The van der Waals surface area contributed by atoms with Crippen molar-refractivity contribution in [3.8, 4) is 0 Å². The van der Waals surface area contributed by atoms with Crippen molar-refractivity contribution in [1.29, 1.82) is 0 Å². The summed E-state index contributed by atoms with van der Waals surface area (Å²) in [6.45, 7) is 0. The summed E-state index contributed by atoms with van der Waals surface area (Å²) in [4.78, 5) is 1.93.